The Morgan fingerprint density at radius 1 is 1.21 bits per heavy atom. The smallest absolute Gasteiger partial charge is 0.293 e. The molecule has 0 atom stereocenters. The van der Waals surface area contributed by atoms with Gasteiger partial charge in [0, 0.05) is 18.2 Å². The summed E-state index contributed by atoms with van der Waals surface area (Å²) in [4.78, 5) is 10.6. The van der Waals surface area contributed by atoms with Gasteiger partial charge in [0.1, 0.15) is 5.69 Å². The van der Waals surface area contributed by atoms with Crippen LogP contribution in [0.2, 0.25) is 10.0 Å². The maximum atomic E-state index is 11.0. The maximum absolute atomic E-state index is 11.0. The quantitative estimate of drug-likeness (QED) is 0.660. The summed E-state index contributed by atoms with van der Waals surface area (Å²) < 4.78 is 0. The molecule has 0 aliphatic heterocycles. The monoisotopic (exact) mass is 303 g/mol. The first-order chi connectivity index (χ1) is 8.97. The summed E-state index contributed by atoms with van der Waals surface area (Å²) >= 11 is 11.7. The third-order valence-corrected chi connectivity index (χ3v) is 4.09. The van der Waals surface area contributed by atoms with E-state index >= 15 is 0 Å². The molecule has 2 rings (SSSR count). The van der Waals surface area contributed by atoms with E-state index in [0.717, 1.165) is 25.7 Å². The fourth-order valence-corrected chi connectivity index (χ4v) is 2.61. The molecule has 1 aromatic carbocycles. The molecular weight excluding hydrogens is 289 g/mol. The van der Waals surface area contributed by atoms with Crippen LogP contribution in [0.5, 0.6) is 0 Å². The van der Waals surface area contributed by atoms with Crippen LogP contribution in [-0.2, 0) is 0 Å². The maximum Gasteiger partial charge on any atom is 0.293 e. The molecule has 0 spiro atoms. The Bertz CT molecular complexity index is 488. The van der Waals surface area contributed by atoms with Crippen LogP contribution in [-0.4, -0.2) is 17.0 Å². The van der Waals surface area contributed by atoms with Crippen molar-refractivity contribution in [1.29, 1.82) is 0 Å². The Hall–Kier alpha value is -1.04. The lowest BCUT2D eigenvalue weighted by Crippen LogP contribution is -2.32. The summed E-state index contributed by atoms with van der Waals surface area (Å²) in [7, 11) is 0. The zero-order valence-corrected chi connectivity index (χ0v) is 11.7. The number of nitrogens with one attached hydrogen (secondary N) is 1. The van der Waals surface area contributed by atoms with Gasteiger partial charge in [0.05, 0.1) is 15.0 Å². The van der Waals surface area contributed by atoms with Crippen molar-refractivity contribution in [3.63, 3.8) is 0 Å². The highest BCUT2D eigenvalue weighted by Gasteiger charge is 2.23. The summed E-state index contributed by atoms with van der Waals surface area (Å²) in [6.07, 6.45) is 3.65. The first-order valence-corrected chi connectivity index (χ1v) is 6.88. The Morgan fingerprint density at radius 2 is 1.79 bits per heavy atom. The summed E-state index contributed by atoms with van der Waals surface area (Å²) in [5.74, 6) is 0. The van der Waals surface area contributed by atoms with Gasteiger partial charge < -0.3 is 11.1 Å². The molecule has 7 heteroatoms. The van der Waals surface area contributed by atoms with Gasteiger partial charge in [0.2, 0.25) is 0 Å². The van der Waals surface area contributed by atoms with E-state index in [1.54, 1.807) is 0 Å². The average molecular weight is 304 g/mol. The zero-order chi connectivity index (χ0) is 14.0. The number of rotatable bonds is 3. The average Bonchev–Trinajstić information content (AvgIpc) is 2.36. The second kappa shape index (κ2) is 5.94. The molecule has 0 amide bonds. The minimum Gasteiger partial charge on any atom is -0.377 e. The minimum absolute atomic E-state index is 0.0516. The number of nitro benzene ring substituents is 1. The van der Waals surface area contributed by atoms with E-state index in [-0.39, 0.29) is 22.8 Å². The minimum atomic E-state index is -0.459. The molecule has 0 unspecified atom stereocenters. The Kier molecular flexibility index (Phi) is 4.50. The van der Waals surface area contributed by atoms with E-state index in [1.165, 1.54) is 12.1 Å². The molecule has 3 N–H and O–H groups in total. The highest BCUT2D eigenvalue weighted by atomic mass is 35.5. The van der Waals surface area contributed by atoms with Gasteiger partial charge >= 0.3 is 0 Å². The molecule has 5 nitrogen and oxygen atoms in total. The van der Waals surface area contributed by atoms with E-state index in [9.17, 15) is 10.1 Å². The predicted molar refractivity (Wildman–Crippen MR) is 77.0 cm³/mol. The van der Waals surface area contributed by atoms with Crippen LogP contribution in [0.3, 0.4) is 0 Å². The van der Waals surface area contributed by atoms with Crippen LogP contribution in [0.25, 0.3) is 0 Å². The topological polar surface area (TPSA) is 81.2 Å². The van der Waals surface area contributed by atoms with Gasteiger partial charge in [-0.15, -0.1) is 0 Å². The van der Waals surface area contributed by atoms with Crippen molar-refractivity contribution >= 4 is 34.6 Å². The molecule has 1 aliphatic rings. The van der Waals surface area contributed by atoms with E-state index in [1.807, 2.05) is 0 Å². The van der Waals surface area contributed by atoms with E-state index in [4.69, 9.17) is 28.9 Å². The first kappa shape index (κ1) is 14.4. The highest BCUT2D eigenvalue weighted by Crippen LogP contribution is 2.35. The van der Waals surface area contributed by atoms with Crippen molar-refractivity contribution in [1.82, 2.24) is 0 Å². The van der Waals surface area contributed by atoms with Crippen molar-refractivity contribution < 1.29 is 4.92 Å². The molecule has 104 valence electrons. The van der Waals surface area contributed by atoms with Crippen molar-refractivity contribution in [2.75, 3.05) is 5.32 Å². The lowest BCUT2D eigenvalue weighted by Gasteiger charge is -2.27. The molecule has 1 aliphatic carbocycles. The van der Waals surface area contributed by atoms with Crippen LogP contribution in [0.1, 0.15) is 25.7 Å². The number of benzene rings is 1. The molecule has 1 saturated carbocycles. The molecule has 0 aromatic heterocycles. The summed E-state index contributed by atoms with van der Waals surface area (Å²) in [6, 6.07) is 3.22. The van der Waals surface area contributed by atoms with Crippen LogP contribution in [0.4, 0.5) is 11.4 Å². The van der Waals surface area contributed by atoms with Gasteiger partial charge in [0.15, 0.2) is 0 Å². The number of hydrogen-bond acceptors (Lipinski definition) is 4. The number of nitro groups is 1. The second-order valence-corrected chi connectivity index (χ2v) is 5.61. The largest absolute Gasteiger partial charge is 0.377 e. The van der Waals surface area contributed by atoms with Crippen LogP contribution >= 0.6 is 23.2 Å². The van der Waals surface area contributed by atoms with Crippen molar-refractivity contribution in [3.05, 3.63) is 32.3 Å². The molecule has 0 radical (unpaired) electrons. The number of hydrogen-bond donors (Lipinski definition) is 2. The van der Waals surface area contributed by atoms with Crippen molar-refractivity contribution in [2.24, 2.45) is 5.73 Å². The van der Waals surface area contributed by atoms with Crippen LogP contribution < -0.4 is 11.1 Å². The van der Waals surface area contributed by atoms with E-state index in [0.29, 0.717) is 10.7 Å². The van der Waals surface area contributed by atoms with Gasteiger partial charge in [-0.05, 0) is 31.7 Å². The summed E-state index contributed by atoms with van der Waals surface area (Å²) in [5.41, 5.74) is 6.20. The normalized spacial score (nSPS) is 23.1. The van der Waals surface area contributed by atoms with Gasteiger partial charge in [-0.3, -0.25) is 10.1 Å². The fraction of sp³-hybridized carbons (Fsp3) is 0.500. The fourth-order valence-electron chi connectivity index (χ4n) is 2.29. The predicted octanol–water partition coefficient (Wildman–Crippen LogP) is 3.58. The number of halogens is 2. The Morgan fingerprint density at radius 3 is 2.37 bits per heavy atom. The molecular formula is C12H15Cl2N3O2. The lowest BCUT2D eigenvalue weighted by molar-refractivity contribution is -0.384. The standard InChI is InChI=1S/C12H15Cl2N3O2/c13-9-5-11(12(17(18)19)6-10(9)14)16-8-3-1-7(15)2-4-8/h5-8,16H,1-4,15H2. The number of nitrogens with zero attached hydrogens (tertiary/aromatic N) is 1. The van der Waals surface area contributed by atoms with E-state index < -0.39 is 4.92 Å². The third-order valence-electron chi connectivity index (χ3n) is 3.37. The molecule has 19 heavy (non-hydrogen) atoms. The SMILES string of the molecule is NC1CCC(Nc2cc(Cl)c(Cl)cc2[N+](=O)[O-])CC1. The van der Waals surface area contributed by atoms with Gasteiger partial charge in [-0.25, -0.2) is 0 Å². The van der Waals surface area contributed by atoms with Crippen LogP contribution in [0, 0.1) is 10.1 Å². The highest BCUT2D eigenvalue weighted by molar-refractivity contribution is 6.42. The first-order valence-electron chi connectivity index (χ1n) is 6.13. The number of anilines is 1. The van der Waals surface area contributed by atoms with Crippen molar-refractivity contribution in [2.45, 2.75) is 37.8 Å². The summed E-state index contributed by atoms with van der Waals surface area (Å²) in [6.45, 7) is 0. The molecule has 0 heterocycles. The van der Waals surface area contributed by atoms with Gasteiger partial charge in [-0.2, -0.15) is 0 Å². The second-order valence-electron chi connectivity index (χ2n) is 4.80. The molecule has 0 saturated heterocycles. The van der Waals surface area contributed by atoms with Gasteiger partial charge in [0.25, 0.3) is 5.69 Å². The molecule has 0 bridgehead atoms. The van der Waals surface area contributed by atoms with Crippen LogP contribution in [0.15, 0.2) is 12.1 Å². The number of nitrogens with two attached hydrogens (primary N) is 1. The zero-order valence-electron chi connectivity index (χ0n) is 10.2. The molecule has 1 aromatic rings. The Balaban J connectivity index is 2.19. The third kappa shape index (κ3) is 3.49. The Labute approximate surface area is 121 Å². The van der Waals surface area contributed by atoms with Crippen molar-refractivity contribution in [3.8, 4) is 0 Å². The van der Waals surface area contributed by atoms with Gasteiger partial charge in [-0.1, -0.05) is 23.2 Å². The van der Waals surface area contributed by atoms with E-state index in [2.05, 4.69) is 5.32 Å². The summed E-state index contributed by atoms with van der Waals surface area (Å²) in [5, 5.41) is 14.7. The molecule has 1 fully saturated rings. The lowest BCUT2D eigenvalue weighted by atomic mass is 9.91.